The quantitative estimate of drug-likeness (QED) is 0.886. The molecular formula is C8H6F3N3OS. The van der Waals surface area contributed by atoms with Gasteiger partial charge in [-0.1, -0.05) is 0 Å². The van der Waals surface area contributed by atoms with Gasteiger partial charge in [0.1, 0.15) is 4.83 Å². The fourth-order valence-electron chi connectivity index (χ4n) is 1.10. The van der Waals surface area contributed by atoms with E-state index in [9.17, 15) is 13.2 Å². The van der Waals surface area contributed by atoms with Gasteiger partial charge in [-0.15, -0.1) is 11.3 Å². The molecule has 0 bridgehead atoms. The number of nitrogen functional groups attached to an aromatic ring is 1. The Kier molecular flexibility index (Phi) is 2.58. The predicted octanol–water partition coefficient (Wildman–Crippen LogP) is 2.21. The van der Waals surface area contributed by atoms with Crippen LogP contribution in [0.4, 0.5) is 19.1 Å². The molecule has 16 heavy (non-hydrogen) atoms. The average Bonchev–Trinajstić information content (AvgIpc) is 2.60. The van der Waals surface area contributed by atoms with E-state index in [0.717, 1.165) is 0 Å². The first-order valence-electron chi connectivity index (χ1n) is 4.16. The third kappa shape index (κ3) is 2.32. The second-order valence-electron chi connectivity index (χ2n) is 2.93. The van der Waals surface area contributed by atoms with Crippen molar-refractivity contribution in [2.24, 2.45) is 0 Å². The molecule has 0 aliphatic heterocycles. The maximum atomic E-state index is 12.0. The number of fused-ring (bicyclic) bond motifs is 1. The highest BCUT2D eigenvalue weighted by Gasteiger charge is 2.29. The topological polar surface area (TPSA) is 61.0 Å². The number of alkyl halides is 3. The standard InChI is InChI=1S/C8H6F3N3OS/c9-8(10,11)3-15-5-4-1-2-16-6(4)14-7(12)13-5/h1-2H,3H2,(H2,12,13,14). The van der Waals surface area contributed by atoms with Crippen molar-refractivity contribution in [2.45, 2.75) is 6.18 Å². The highest BCUT2D eigenvalue weighted by atomic mass is 32.1. The maximum absolute atomic E-state index is 12.0. The van der Waals surface area contributed by atoms with E-state index in [1.54, 1.807) is 11.4 Å². The Morgan fingerprint density at radius 2 is 2.12 bits per heavy atom. The number of halogens is 3. The van der Waals surface area contributed by atoms with E-state index in [0.29, 0.717) is 10.2 Å². The zero-order valence-corrected chi connectivity index (χ0v) is 8.60. The molecule has 86 valence electrons. The number of aromatic nitrogens is 2. The van der Waals surface area contributed by atoms with Gasteiger partial charge in [-0.3, -0.25) is 0 Å². The zero-order valence-electron chi connectivity index (χ0n) is 7.78. The SMILES string of the molecule is Nc1nc(OCC(F)(F)F)c2ccsc2n1. The van der Waals surface area contributed by atoms with E-state index in [4.69, 9.17) is 5.73 Å². The van der Waals surface area contributed by atoms with E-state index in [2.05, 4.69) is 14.7 Å². The molecule has 0 spiro atoms. The van der Waals surface area contributed by atoms with Crippen molar-refractivity contribution in [1.82, 2.24) is 9.97 Å². The molecule has 2 rings (SSSR count). The van der Waals surface area contributed by atoms with Gasteiger partial charge in [-0.2, -0.15) is 18.2 Å². The van der Waals surface area contributed by atoms with Crippen LogP contribution in [0.1, 0.15) is 0 Å². The largest absolute Gasteiger partial charge is 0.467 e. The predicted molar refractivity (Wildman–Crippen MR) is 53.4 cm³/mol. The summed E-state index contributed by atoms with van der Waals surface area (Å²) in [4.78, 5) is 8.00. The number of nitrogens with two attached hydrogens (primary N) is 1. The Labute approximate surface area is 91.9 Å². The average molecular weight is 249 g/mol. The second kappa shape index (κ2) is 3.78. The molecule has 0 atom stereocenters. The van der Waals surface area contributed by atoms with Gasteiger partial charge >= 0.3 is 6.18 Å². The van der Waals surface area contributed by atoms with Crippen LogP contribution in [0.25, 0.3) is 10.2 Å². The molecule has 0 fully saturated rings. The van der Waals surface area contributed by atoms with E-state index in [-0.39, 0.29) is 11.8 Å². The molecule has 2 heterocycles. The molecule has 2 N–H and O–H groups in total. The van der Waals surface area contributed by atoms with Crippen LogP contribution in [0.15, 0.2) is 11.4 Å². The Morgan fingerprint density at radius 3 is 2.81 bits per heavy atom. The van der Waals surface area contributed by atoms with Crippen LogP contribution in [0.5, 0.6) is 5.88 Å². The van der Waals surface area contributed by atoms with Crippen LogP contribution in [-0.2, 0) is 0 Å². The monoisotopic (exact) mass is 249 g/mol. The molecule has 0 saturated heterocycles. The third-order valence-electron chi connectivity index (χ3n) is 1.68. The number of thiophene rings is 1. The van der Waals surface area contributed by atoms with Gasteiger partial charge in [0.15, 0.2) is 6.61 Å². The Balaban J connectivity index is 2.32. The summed E-state index contributed by atoms with van der Waals surface area (Å²) in [6.07, 6.45) is -4.40. The lowest BCUT2D eigenvalue weighted by Gasteiger charge is -2.09. The molecule has 2 aromatic rings. The van der Waals surface area contributed by atoms with Gasteiger partial charge in [0.25, 0.3) is 0 Å². The summed E-state index contributed by atoms with van der Waals surface area (Å²) in [5.41, 5.74) is 5.35. The molecule has 4 nitrogen and oxygen atoms in total. The zero-order chi connectivity index (χ0) is 11.8. The Bertz CT molecular complexity index is 511. The van der Waals surface area contributed by atoms with Gasteiger partial charge in [0.2, 0.25) is 11.8 Å². The number of ether oxygens (including phenoxy) is 1. The van der Waals surface area contributed by atoms with Gasteiger partial charge in [0, 0.05) is 0 Å². The maximum Gasteiger partial charge on any atom is 0.422 e. The van der Waals surface area contributed by atoms with Crippen LogP contribution in [0.2, 0.25) is 0 Å². The number of nitrogens with zero attached hydrogens (tertiary/aromatic N) is 2. The fraction of sp³-hybridized carbons (Fsp3) is 0.250. The molecular weight excluding hydrogens is 243 g/mol. The van der Waals surface area contributed by atoms with E-state index in [1.807, 2.05) is 0 Å². The molecule has 0 unspecified atom stereocenters. The number of anilines is 1. The number of hydrogen-bond acceptors (Lipinski definition) is 5. The van der Waals surface area contributed by atoms with Gasteiger partial charge in [-0.25, -0.2) is 4.98 Å². The van der Waals surface area contributed by atoms with Crippen LogP contribution in [-0.4, -0.2) is 22.8 Å². The van der Waals surface area contributed by atoms with E-state index in [1.165, 1.54) is 11.3 Å². The first-order valence-corrected chi connectivity index (χ1v) is 5.04. The smallest absolute Gasteiger partial charge is 0.422 e. The highest BCUT2D eigenvalue weighted by molar-refractivity contribution is 7.16. The summed E-state index contributed by atoms with van der Waals surface area (Å²) in [7, 11) is 0. The summed E-state index contributed by atoms with van der Waals surface area (Å²) in [6, 6.07) is 1.59. The molecule has 8 heteroatoms. The molecule has 0 radical (unpaired) electrons. The van der Waals surface area contributed by atoms with Crippen LogP contribution < -0.4 is 10.5 Å². The second-order valence-corrected chi connectivity index (χ2v) is 3.82. The summed E-state index contributed by atoms with van der Waals surface area (Å²) < 4.78 is 40.5. The van der Waals surface area contributed by atoms with Crippen molar-refractivity contribution in [2.75, 3.05) is 12.3 Å². The number of rotatable bonds is 2. The summed E-state index contributed by atoms with van der Waals surface area (Å²) in [5, 5.41) is 2.11. The van der Waals surface area contributed by atoms with E-state index < -0.39 is 12.8 Å². The van der Waals surface area contributed by atoms with Crippen molar-refractivity contribution in [3.8, 4) is 5.88 Å². The molecule has 0 aromatic carbocycles. The molecule has 2 aromatic heterocycles. The molecule has 0 aliphatic rings. The minimum Gasteiger partial charge on any atom is -0.467 e. The van der Waals surface area contributed by atoms with Gasteiger partial charge in [0.05, 0.1) is 5.39 Å². The van der Waals surface area contributed by atoms with Crippen molar-refractivity contribution >= 4 is 27.5 Å². The van der Waals surface area contributed by atoms with Crippen LogP contribution >= 0.6 is 11.3 Å². The lowest BCUT2D eigenvalue weighted by molar-refractivity contribution is -0.153. The molecule has 0 aliphatic carbocycles. The number of hydrogen-bond donors (Lipinski definition) is 1. The highest BCUT2D eigenvalue weighted by Crippen LogP contribution is 2.28. The minimum absolute atomic E-state index is 0.105. The molecule has 0 amide bonds. The van der Waals surface area contributed by atoms with E-state index >= 15 is 0 Å². The molecule has 0 saturated carbocycles. The third-order valence-corrected chi connectivity index (χ3v) is 2.49. The van der Waals surface area contributed by atoms with Crippen LogP contribution in [0.3, 0.4) is 0 Å². The van der Waals surface area contributed by atoms with Crippen molar-refractivity contribution in [1.29, 1.82) is 0 Å². The summed E-state index contributed by atoms with van der Waals surface area (Å²) in [5.74, 6) is -0.242. The first kappa shape index (κ1) is 10.9. The summed E-state index contributed by atoms with van der Waals surface area (Å²) >= 11 is 1.26. The Hall–Kier alpha value is -1.57. The summed E-state index contributed by atoms with van der Waals surface area (Å²) in [6.45, 7) is -1.39. The van der Waals surface area contributed by atoms with Gasteiger partial charge < -0.3 is 10.5 Å². The Morgan fingerprint density at radius 1 is 1.38 bits per heavy atom. The van der Waals surface area contributed by atoms with Crippen molar-refractivity contribution in [3.63, 3.8) is 0 Å². The van der Waals surface area contributed by atoms with Gasteiger partial charge in [-0.05, 0) is 11.4 Å². The van der Waals surface area contributed by atoms with Crippen LogP contribution in [0, 0.1) is 0 Å². The van der Waals surface area contributed by atoms with Crippen molar-refractivity contribution in [3.05, 3.63) is 11.4 Å². The lowest BCUT2D eigenvalue weighted by atomic mass is 10.4. The first-order chi connectivity index (χ1) is 7.46. The van der Waals surface area contributed by atoms with Crippen molar-refractivity contribution < 1.29 is 17.9 Å². The lowest BCUT2D eigenvalue weighted by Crippen LogP contribution is -2.20. The normalized spacial score (nSPS) is 11.9. The minimum atomic E-state index is -4.40. The fourth-order valence-corrected chi connectivity index (χ4v) is 1.87.